The highest BCUT2D eigenvalue weighted by Gasteiger charge is 2.15. The second-order valence-corrected chi connectivity index (χ2v) is 6.54. The number of aryl methyl sites for hydroxylation is 1. The van der Waals surface area contributed by atoms with Gasteiger partial charge < -0.3 is 4.98 Å². The molecule has 1 aromatic carbocycles. The Morgan fingerprint density at radius 3 is 2.81 bits per heavy atom. The zero-order valence-corrected chi connectivity index (χ0v) is 12.5. The van der Waals surface area contributed by atoms with Crippen LogP contribution in [0, 0.1) is 6.92 Å². The van der Waals surface area contributed by atoms with Gasteiger partial charge in [0.25, 0.3) is 10.0 Å². The maximum atomic E-state index is 12.3. The number of sulfonamides is 1. The van der Waals surface area contributed by atoms with E-state index < -0.39 is 10.0 Å². The minimum Gasteiger partial charge on any atom is -0.342 e. The van der Waals surface area contributed by atoms with E-state index in [4.69, 9.17) is 11.6 Å². The third-order valence-corrected chi connectivity index (χ3v) is 4.45. The number of H-pyrrole nitrogens is 1. The molecule has 3 rings (SSSR count). The van der Waals surface area contributed by atoms with Crippen LogP contribution in [0.4, 0.5) is 5.69 Å². The number of hydrogen-bond donors (Lipinski definition) is 2. The van der Waals surface area contributed by atoms with E-state index in [1.165, 1.54) is 18.3 Å². The molecule has 3 aromatic rings. The van der Waals surface area contributed by atoms with Crippen LogP contribution in [0.3, 0.4) is 0 Å². The van der Waals surface area contributed by atoms with Crippen molar-refractivity contribution in [3.8, 4) is 0 Å². The number of aromatic nitrogens is 3. The van der Waals surface area contributed by atoms with E-state index in [9.17, 15) is 8.42 Å². The first-order chi connectivity index (χ1) is 9.94. The third kappa shape index (κ3) is 2.84. The molecule has 0 aliphatic carbocycles. The van der Waals surface area contributed by atoms with Crippen molar-refractivity contribution in [1.82, 2.24) is 15.0 Å². The number of imidazole rings is 1. The Kier molecular flexibility index (Phi) is 3.30. The molecule has 108 valence electrons. The lowest BCUT2D eigenvalue weighted by Gasteiger charge is -2.08. The van der Waals surface area contributed by atoms with Gasteiger partial charge in [-0.05, 0) is 37.3 Å². The standard InChI is InChI=1S/C13H11ClN4O2S/c1-8-16-11-3-2-9(6-12(11)17-8)18-21(19,20)10-4-5-15-13(14)7-10/h2-7,18H,1H3,(H,16,17). The van der Waals surface area contributed by atoms with Gasteiger partial charge in [-0.25, -0.2) is 18.4 Å². The van der Waals surface area contributed by atoms with E-state index in [2.05, 4.69) is 19.7 Å². The number of benzene rings is 1. The second-order valence-electron chi connectivity index (χ2n) is 4.47. The molecule has 0 saturated heterocycles. The summed E-state index contributed by atoms with van der Waals surface area (Å²) in [5.74, 6) is 0.769. The van der Waals surface area contributed by atoms with Crippen molar-refractivity contribution in [3.05, 3.63) is 47.5 Å². The molecule has 2 heterocycles. The summed E-state index contributed by atoms with van der Waals surface area (Å²) in [6, 6.07) is 7.77. The number of halogens is 1. The Bertz CT molecular complexity index is 921. The highest BCUT2D eigenvalue weighted by atomic mass is 35.5. The van der Waals surface area contributed by atoms with Gasteiger partial charge in [-0.15, -0.1) is 0 Å². The highest BCUT2D eigenvalue weighted by Crippen LogP contribution is 2.21. The fraction of sp³-hybridized carbons (Fsp3) is 0.0769. The summed E-state index contributed by atoms with van der Waals surface area (Å²) in [4.78, 5) is 11.1. The monoisotopic (exact) mass is 322 g/mol. The molecule has 0 aliphatic heterocycles. The lowest BCUT2D eigenvalue weighted by molar-refractivity contribution is 0.601. The van der Waals surface area contributed by atoms with Crippen molar-refractivity contribution < 1.29 is 8.42 Å². The molecule has 21 heavy (non-hydrogen) atoms. The van der Waals surface area contributed by atoms with Gasteiger partial charge in [0.2, 0.25) is 0 Å². The number of aromatic amines is 1. The molecular weight excluding hydrogens is 312 g/mol. The molecule has 6 nitrogen and oxygen atoms in total. The summed E-state index contributed by atoms with van der Waals surface area (Å²) >= 11 is 5.72. The number of nitrogens with one attached hydrogen (secondary N) is 2. The highest BCUT2D eigenvalue weighted by molar-refractivity contribution is 7.92. The van der Waals surface area contributed by atoms with Gasteiger partial charge in [-0.3, -0.25) is 4.72 Å². The molecule has 8 heteroatoms. The normalized spacial score (nSPS) is 11.7. The van der Waals surface area contributed by atoms with Crippen molar-refractivity contribution in [2.45, 2.75) is 11.8 Å². The summed E-state index contributed by atoms with van der Waals surface area (Å²) in [7, 11) is -3.71. The van der Waals surface area contributed by atoms with Gasteiger partial charge in [0.1, 0.15) is 11.0 Å². The Hall–Kier alpha value is -2.12. The Morgan fingerprint density at radius 1 is 1.24 bits per heavy atom. The molecule has 2 N–H and O–H groups in total. The van der Waals surface area contributed by atoms with Crippen molar-refractivity contribution in [2.75, 3.05) is 4.72 Å². The third-order valence-electron chi connectivity index (χ3n) is 2.86. The molecule has 0 amide bonds. The molecule has 0 spiro atoms. The average molecular weight is 323 g/mol. The van der Waals surface area contributed by atoms with Gasteiger partial charge in [-0.2, -0.15) is 0 Å². The summed E-state index contributed by atoms with van der Waals surface area (Å²) in [6.45, 7) is 1.84. The Morgan fingerprint density at radius 2 is 2.05 bits per heavy atom. The maximum absolute atomic E-state index is 12.3. The number of fused-ring (bicyclic) bond motifs is 1. The molecule has 0 saturated carbocycles. The molecular formula is C13H11ClN4O2S. The SMILES string of the molecule is Cc1nc2ccc(NS(=O)(=O)c3ccnc(Cl)c3)cc2[nH]1. The van der Waals surface area contributed by atoms with E-state index in [1.54, 1.807) is 18.2 Å². The first-order valence-electron chi connectivity index (χ1n) is 6.05. The molecule has 0 aliphatic rings. The van der Waals surface area contributed by atoms with Crippen LogP contribution in [-0.2, 0) is 10.0 Å². The molecule has 0 fully saturated rings. The van der Waals surface area contributed by atoms with E-state index in [0.717, 1.165) is 16.9 Å². The first-order valence-corrected chi connectivity index (χ1v) is 7.91. The van der Waals surface area contributed by atoms with Crippen LogP contribution in [-0.4, -0.2) is 23.4 Å². The van der Waals surface area contributed by atoms with Gasteiger partial charge in [-0.1, -0.05) is 11.6 Å². The average Bonchev–Trinajstić information content (AvgIpc) is 2.77. The van der Waals surface area contributed by atoms with Gasteiger partial charge in [0.05, 0.1) is 21.6 Å². The molecule has 0 atom stereocenters. The molecule has 2 aromatic heterocycles. The van der Waals surface area contributed by atoms with E-state index >= 15 is 0 Å². The lowest BCUT2D eigenvalue weighted by Crippen LogP contribution is -2.13. The van der Waals surface area contributed by atoms with Gasteiger partial charge >= 0.3 is 0 Å². The number of nitrogens with zero attached hydrogens (tertiary/aromatic N) is 2. The topological polar surface area (TPSA) is 87.7 Å². The Balaban J connectivity index is 1.96. The predicted octanol–water partition coefficient (Wildman–Crippen LogP) is 2.72. The van der Waals surface area contributed by atoms with Crippen molar-refractivity contribution in [2.24, 2.45) is 0 Å². The van der Waals surface area contributed by atoms with Crippen LogP contribution < -0.4 is 4.72 Å². The second kappa shape index (κ2) is 5.01. The van der Waals surface area contributed by atoms with Gasteiger partial charge in [0.15, 0.2) is 0 Å². The predicted molar refractivity (Wildman–Crippen MR) is 80.9 cm³/mol. The summed E-state index contributed by atoms with van der Waals surface area (Å²) in [5.41, 5.74) is 1.99. The number of anilines is 1. The summed E-state index contributed by atoms with van der Waals surface area (Å²) in [6.07, 6.45) is 1.35. The summed E-state index contributed by atoms with van der Waals surface area (Å²) in [5, 5.41) is 0.123. The lowest BCUT2D eigenvalue weighted by atomic mass is 10.3. The van der Waals surface area contributed by atoms with Gasteiger partial charge in [0, 0.05) is 6.20 Å². The fourth-order valence-corrected chi connectivity index (χ4v) is 3.27. The van der Waals surface area contributed by atoms with Crippen LogP contribution in [0.25, 0.3) is 11.0 Å². The van der Waals surface area contributed by atoms with Crippen molar-refractivity contribution in [3.63, 3.8) is 0 Å². The van der Waals surface area contributed by atoms with E-state index in [0.29, 0.717) is 5.69 Å². The number of hydrogen-bond acceptors (Lipinski definition) is 4. The zero-order valence-electron chi connectivity index (χ0n) is 11.0. The van der Waals surface area contributed by atoms with Crippen molar-refractivity contribution in [1.29, 1.82) is 0 Å². The van der Waals surface area contributed by atoms with Crippen molar-refractivity contribution >= 4 is 38.3 Å². The van der Waals surface area contributed by atoms with Crippen LogP contribution in [0.1, 0.15) is 5.82 Å². The summed E-state index contributed by atoms with van der Waals surface area (Å²) < 4.78 is 27.0. The first kappa shape index (κ1) is 13.8. The minimum atomic E-state index is -3.71. The Labute approximate surface area is 126 Å². The molecule has 0 radical (unpaired) electrons. The van der Waals surface area contributed by atoms with Crippen LogP contribution in [0.2, 0.25) is 5.15 Å². The number of rotatable bonds is 3. The number of pyridine rings is 1. The zero-order chi connectivity index (χ0) is 15.0. The largest absolute Gasteiger partial charge is 0.342 e. The fourth-order valence-electron chi connectivity index (χ4n) is 1.97. The maximum Gasteiger partial charge on any atom is 0.262 e. The quantitative estimate of drug-likeness (QED) is 0.726. The van der Waals surface area contributed by atoms with Crippen LogP contribution in [0.15, 0.2) is 41.4 Å². The molecule has 0 bridgehead atoms. The molecule has 0 unspecified atom stereocenters. The minimum absolute atomic E-state index is 0.0587. The van der Waals surface area contributed by atoms with E-state index in [-0.39, 0.29) is 10.0 Å². The smallest absolute Gasteiger partial charge is 0.262 e. The van der Waals surface area contributed by atoms with Crippen LogP contribution in [0.5, 0.6) is 0 Å². The van der Waals surface area contributed by atoms with Crippen LogP contribution >= 0.6 is 11.6 Å². The van der Waals surface area contributed by atoms with E-state index in [1.807, 2.05) is 6.92 Å².